The van der Waals surface area contributed by atoms with Gasteiger partial charge in [-0.3, -0.25) is 0 Å². The molecule has 81 heavy (non-hydrogen) atoms. The minimum atomic E-state index is -1.34. The predicted molar refractivity (Wildman–Crippen MR) is 367 cm³/mol. The summed E-state index contributed by atoms with van der Waals surface area (Å²) in [5.41, 5.74) is 10.1. The normalized spacial score (nSPS) is 7.79. The Morgan fingerprint density at radius 2 is 0.358 bits per heavy atom. The third-order valence-electron chi connectivity index (χ3n) is 8.70. The molecule has 0 spiro atoms. The van der Waals surface area contributed by atoms with Crippen LogP contribution in [0, 0.1) is 48.5 Å². The third-order valence-corrected chi connectivity index (χ3v) is 8.70. The Labute approximate surface area is 498 Å². The van der Waals surface area contributed by atoms with Gasteiger partial charge in [-0.25, -0.2) is 4.79 Å². The van der Waals surface area contributed by atoms with Gasteiger partial charge in [0, 0.05) is 0 Å². The van der Waals surface area contributed by atoms with Crippen molar-refractivity contribution in [3.05, 3.63) is 317 Å². The summed E-state index contributed by atoms with van der Waals surface area (Å²) in [4.78, 5) is 10.2. The second-order valence-electron chi connectivity index (χ2n) is 15.0. The number of carboxylic acids is 1. The fraction of sp³-hybridized carbons (Fsp3) is 0.276. The average molecular weight is 1100 g/mol. The molecule has 0 saturated carbocycles. The van der Waals surface area contributed by atoms with Crippen molar-refractivity contribution in [2.45, 2.75) is 145 Å². The summed E-state index contributed by atoms with van der Waals surface area (Å²) >= 11 is 0. The molecule has 9 aromatic rings. The van der Waals surface area contributed by atoms with E-state index < -0.39 is 13.1 Å². The van der Waals surface area contributed by atoms with Crippen molar-refractivity contribution in [1.29, 1.82) is 0 Å². The van der Waals surface area contributed by atoms with Gasteiger partial charge in [-0.1, -0.05) is 397 Å². The molecule has 9 aromatic carbocycles. The highest BCUT2D eigenvalue weighted by molar-refractivity contribution is 6.58. The molecule has 0 heterocycles. The fourth-order valence-electron chi connectivity index (χ4n) is 4.95. The highest BCUT2D eigenvalue weighted by Gasteiger charge is 2.07. The maximum Gasteiger partial charge on any atom is 0.488 e. The zero-order valence-corrected chi connectivity index (χ0v) is 54.3. The van der Waals surface area contributed by atoms with Crippen LogP contribution >= 0.6 is 0 Å². The largest absolute Gasteiger partial charge is 0.488 e. The van der Waals surface area contributed by atoms with E-state index in [1.165, 1.54) is 38.9 Å². The molecule has 4 nitrogen and oxygen atoms in total. The topological polar surface area (TPSA) is 77.8 Å². The first-order valence-electron chi connectivity index (χ1n) is 29.2. The number of benzene rings is 9. The second kappa shape index (κ2) is 74.5. The first-order chi connectivity index (χ1) is 39.4. The molecule has 9 rings (SSSR count). The summed E-state index contributed by atoms with van der Waals surface area (Å²) in [5, 5.41) is 25.5. The van der Waals surface area contributed by atoms with Gasteiger partial charge in [0.25, 0.3) is 0 Å². The van der Waals surface area contributed by atoms with Crippen LogP contribution in [0.1, 0.15) is 146 Å². The van der Waals surface area contributed by atoms with Gasteiger partial charge in [0.15, 0.2) is 0 Å². The molecular formula is C76H111BO4. The van der Waals surface area contributed by atoms with Crippen LogP contribution in [0.4, 0.5) is 0 Å². The van der Waals surface area contributed by atoms with Gasteiger partial charge in [0.1, 0.15) is 0 Å². The number of hydrogen-bond donors (Lipinski definition) is 3. The van der Waals surface area contributed by atoms with E-state index in [1.54, 1.807) is 54.6 Å². The Balaban J connectivity index is -0.000000148. The molecule has 442 valence electrons. The second-order valence-corrected chi connectivity index (χ2v) is 15.0. The summed E-state index contributed by atoms with van der Waals surface area (Å²) in [6.45, 7) is 42.6. The molecule has 5 heteroatoms. The van der Waals surface area contributed by atoms with Crippen molar-refractivity contribution >= 4 is 18.6 Å². The molecule has 0 unspecified atom stereocenters. The van der Waals surface area contributed by atoms with Gasteiger partial charge < -0.3 is 15.2 Å². The molecule has 0 saturated heterocycles. The Hall–Kier alpha value is -7.57. The lowest BCUT2D eigenvalue weighted by atomic mass is 9.81. The monoisotopic (exact) mass is 1100 g/mol. The molecule has 0 aliphatic rings. The number of hydrogen-bond acceptors (Lipinski definition) is 3. The number of carboxylic acid groups (broad SMARTS) is 1. The summed E-state index contributed by atoms with van der Waals surface area (Å²) in [5.74, 6) is -0.879. The number of carbonyl (C=O) groups is 1. The minimum absolute atomic E-state index is 0.331. The summed E-state index contributed by atoms with van der Waals surface area (Å²) < 4.78 is 0. The van der Waals surface area contributed by atoms with Crippen molar-refractivity contribution in [3.8, 4) is 0 Å². The van der Waals surface area contributed by atoms with Crippen LogP contribution in [0.25, 0.3) is 0 Å². The first kappa shape index (κ1) is 87.3. The molecule has 3 N–H and O–H groups in total. The molecule has 0 aliphatic carbocycles. The maximum absolute atomic E-state index is 10.2. The fourth-order valence-corrected chi connectivity index (χ4v) is 4.95. The third kappa shape index (κ3) is 68.5. The highest BCUT2D eigenvalue weighted by atomic mass is 16.4. The van der Waals surface area contributed by atoms with Gasteiger partial charge in [-0.15, -0.1) is 0 Å². The quantitative estimate of drug-likeness (QED) is 0.151. The standard InChI is InChI=1S/C7H6O2.7C7H8.C6H7BO2.7C2H6/c8-7(9)6-4-2-1-3-5-6;7*1-7-5-3-2-4-6-7;8-7(9)6-4-2-1-3-5-6;7*1-2/h1-5H,(H,8,9);7*2-6H,1H3;1-5,8-9H;7*1-2H3. The van der Waals surface area contributed by atoms with E-state index in [0.29, 0.717) is 11.0 Å². The molecule has 0 atom stereocenters. The van der Waals surface area contributed by atoms with Crippen LogP contribution in [0.5, 0.6) is 0 Å². The Kier molecular flexibility index (Phi) is 80.3. The number of aromatic carboxylic acids is 1. The SMILES string of the molecule is CC.CC.CC.CC.CC.CC.CC.Cc1ccccc1.Cc1ccccc1.Cc1ccccc1.Cc1ccccc1.Cc1ccccc1.Cc1ccccc1.Cc1ccccc1.O=C(O)c1ccccc1.OB(O)c1ccccc1. The van der Waals surface area contributed by atoms with E-state index >= 15 is 0 Å². The van der Waals surface area contributed by atoms with Crippen LogP contribution in [-0.2, 0) is 0 Å². The number of aryl methyl sites for hydroxylation is 7. The Morgan fingerprint density at radius 3 is 0.432 bits per heavy atom. The van der Waals surface area contributed by atoms with Crippen molar-refractivity contribution in [2.24, 2.45) is 0 Å². The van der Waals surface area contributed by atoms with Crippen LogP contribution < -0.4 is 5.46 Å². The summed E-state index contributed by atoms with van der Waals surface area (Å²) in [6.07, 6.45) is 0. The van der Waals surface area contributed by atoms with Gasteiger partial charge in [-0.05, 0) is 66.1 Å². The molecule has 0 fully saturated rings. The molecule has 0 aliphatic heterocycles. The van der Waals surface area contributed by atoms with Crippen molar-refractivity contribution in [2.75, 3.05) is 0 Å². The van der Waals surface area contributed by atoms with E-state index in [4.69, 9.17) is 15.2 Å². The molecule has 0 bridgehead atoms. The zero-order chi connectivity index (χ0) is 63.2. The highest BCUT2D eigenvalue weighted by Crippen LogP contribution is 1.98. The maximum atomic E-state index is 10.2. The van der Waals surface area contributed by atoms with Crippen LogP contribution in [0.3, 0.4) is 0 Å². The van der Waals surface area contributed by atoms with Crippen molar-refractivity contribution in [1.82, 2.24) is 0 Å². The molecular weight excluding hydrogens is 988 g/mol. The average Bonchev–Trinajstić information content (AvgIpc) is 3.54. The lowest BCUT2D eigenvalue weighted by Crippen LogP contribution is -2.29. The van der Waals surface area contributed by atoms with Gasteiger partial charge in [0.05, 0.1) is 5.56 Å². The van der Waals surface area contributed by atoms with Crippen molar-refractivity contribution < 1.29 is 19.9 Å². The first-order valence-corrected chi connectivity index (χ1v) is 29.2. The smallest absolute Gasteiger partial charge is 0.478 e. The predicted octanol–water partition coefficient (Wildman–Crippen LogP) is 21.9. The van der Waals surface area contributed by atoms with E-state index in [9.17, 15) is 4.79 Å². The van der Waals surface area contributed by atoms with Gasteiger partial charge in [0.2, 0.25) is 0 Å². The summed E-state index contributed by atoms with van der Waals surface area (Å²) in [6, 6.07) is 88.8. The Bertz CT molecular complexity index is 2060. The lowest BCUT2D eigenvalue weighted by Gasteiger charge is -1.94. The number of rotatable bonds is 2. The Morgan fingerprint density at radius 1 is 0.235 bits per heavy atom. The van der Waals surface area contributed by atoms with E-state index in [1.807, 2.05) is 230 Å². The van der Waals surface area contributed by atoms with E-state index in [0.717, 1.165) is 0 Å². The van der Waals surface area contributed by atoms with E-state index in [2.05, 4.69) is 133 Å². The van der Waals surface area contributed by atoms with Crippen LogP contribution in [0.15, 0.2) is 273 Å². The summed E-state index contributed by atoms with van der Waals surface area (Å²) in [7, 11) is -1.34. The lowest BCUT2D eigenvalue weighted by molar-refractivity contribution is 0.0696. The van der Waals surface area contributed by atoms with Gasteiger partial charge >= 0.3 is 13.1 Å². The minimum Gasteiger partial charge on any atom is -0.478 e. The van der Waals surface area contributed by atoms with Crippen LogP contribution in [0.2, 0.25) is 0 Å². The molecule has 0 aromatic heterocycles. The van der Waals surface area contributed by atoms with Crippen LogP contribution in [-0.4, -0.2) is 28.2 Å². The molecule has 0 radical (unpaired) electrons. The zero-order valence-electron chi connectivity index (χ0n) is 54.3. The molecule has 0 amide bonds. The van der Waals surface area contributed by atoms with E-state index in [-0.39, 0.29) is 0 Å². The van der Waals surface area contributed by atoms with Gasteiger partial charge in [-0.2, -0.15) is 0 Å². The van der Waals surface area contributed by atoms with Crippen molar-refractivity contribution in [3.63, 3.8) is 0 Å².